The fraction of sp³-hybridized carbons (Fsp3) is 0.240. The summed E-state index contributed by atoms with van der Waals surface area (Å²) in [6.07, 6.45) is 0.117. The van der Waals surface area contributed by atoms with Crippen molar-refractivity contribution in [2.45, 2.75) is 26.3 Å². The third-order valence-electron chi connectivity index (χ3n) is 4.98. The summed E-state index contributed by atoms with van der Waals surface area (Å²) in [6.45, 7) is 3.09. The number of hydrogen-bond acceptors (Lipinski definition) is 4. The smallest absolute Gasteiger partial charge is 0.329 e. The molecule has 0 aliphatic carbocycles. The minimum atomic E-state index is -0.886. The van der Waals surface area contributed by atoms with Crippen LogP contribution in [0.1, 0.15) is 29.8 Å². The maximum Gasteiger partial charge on any atom is 0.329 e. The molecular formula is C25H24FNO4. The number of halogens is 1. The second kappa shape index (κ2) is 9.98. The number of amides is 1. The molecule has 0 spiro atoms. The fourth-order valence-corrected chi connectivity index (χ4v) is 3.29. The first-order valence-corrected chi connectivity index (χ1v) is 10.1. The first-order valence-electron chi connectivity index (χ1n) is 10.1. The lowest BCUT2D eigenvalue weighted by Gasteiger charge is -2.21. The summed E-state index contributed by atoms with van der Waals surface area (Å²) in [5.41, 5.74) is 1.10. The fourth-order valence-electron chi connectivity index (χ4n) is 3.29. The van der Waals surface area contributed by atoms with Gasteiger partial charge in [0.25, 0.3) is 0 Å². The molecule has 31 heavy (non-hydrogen) atoms. The molecule has 0 aromatic heterocycles. The van der Waals surface area contributed by atoms with Gasteiger partial charge in [0.2, 0.25) is 5.91 Å². The Labute approximate surface area is 180 Å². The second-order valence-electron chi connectivity index (χ2n) is 7.64. The van der Waals surface area contributed by atoms with E-state index in [0.717, 1.165) is 16.3 Å². The molecule has 1 N–H and O–H groups in total. The Balaban J connectivity index is 1.61. The van der Waals surface area contributed by atoms with E-state index in [0.29, 0.717) is 0 Å². The highest BCUT2D eigenvalue weighted by Crippen LogP contribution is 2.19. The van der Waals surface area contributed by atoms with Crippen LogP contribution in [0.25, 0.3) is 10.8 Å². The number of ketones is 1. The van der Waals surface area contributed by atoms with Crippen LogP contribution >= 0.6 is 0 Å². The van der Waals surface area contributed by atoms with Gasteiger partial charge in [-0.05, 0) is 46.5 Å². The SMILES string of the molecule is CC(C)[C@H](NC(=O)Cc1cccc2ccccc12)C(=O)OCC(=O)c1ccc(F)cc1. The minimum absolute atomic E-state index is 0.117. The lowest BCUT2D eigenvalue weighted by atomic mass is 10.0. The Kier molecular flexibility index (Phi) is 7.13. The van der Waals surface area contributed by atoms with E-state index in [1.807, 2.05) is 42.5 Å². The van der Waals surface area contributed by atoms with Gasteiger partial charge in [0.1, 0.15) is 11.9 Å². The van der Waals surface area contributed by atoms with E-state index < -0.39 is 30.2 Å². The van der Waals surface area contributed by atoms with E-state index in [1.54, 1.807) is 13.8 Å². The van der Waals surface area contributed by atoms with Crippen molar-refractivity contribution in [3.63, 3.8) is 0 Å². The molecule has 0 bridgehead atoms. The third kappa shape index (κ3) is 5.75. The Morgan fingerprint density at radius 1 is 0.935 bits per heavy atom. The predicted octanol–water partition coefficient (Wildman–Crippen LogP) is 4.09. The molecule has 1 atom stereocenters. The van der Waals surface area contributed by atoms with Crippen LogP contribution in [-0.4, -0.2) is 30.3 Å². The van der Waals surface area contributed by atoms with E-state index in [4.69, 9.17) is 4.74 Å². The van der Waals surface area contributed by atoms with E-state index in [-0.39, 0.29) is 23.8 Å². The number of ether oxygens (including phenoxy) is 1. The largest absolute Gasteiger partial charge is 0.456 e. The maximum absolute atomic E-state index is 13.0. The van der Waals surface area contributed by atoms with Crippen molar-refractivity contribution in [1.82, 2.24) is 5.32 Å². The number of nitrogens with one attached hydrogen (secondary N) is 1. The first kappa shape index (κ1) is 22.2. The van der Waals surface area contributed by atoms with Gasteiger partial charge in [0.05, 0.1) is 6.42 Å². The first-order chi connectivity index (χ1) is 14.8. The molecule has 0 fully saturated rings. The number of rotatable bonds is 8. The Bertz CT molecular complexity index is 1090. The maximum atomic E-state index is 13.0. The summed E-state index contributed by atoms with van der Waals surface area (Å²) in [5.74, 6) is -2.13. The lowest BCUT2D eigenvalue weighted by molar-refractivity contribution is -0.148. The zero-order valence-corrected chi connectivity index (χ0v) is 17.4. The predicted molar refractivity (Wildman–Crippen MR) is 116 cm³/mol. The average Bonchev–Trinajstić information content (AvgIpc) is 2.76. The van der Waals surface area contributed by atoms with Gasteiger partial charge in [-0.3, -0.25) is 9.59 Å². The number of carbonyl (C=O) groups excluding carboxylic acids is 3. The Morgan fingerprint density at radius 3 is 2.32 bits per heavy atom. The summed E-state index contributed by atoms with van der Waals surface area (Å²) in [4.78, 5) is 37.3. The van der Waals surface area contributed by atoms with E-state index >= 15 is 0 Å². The van der Waals surface area contributed by atoms with Crippen LogP contribution in [0.3, 0.4) is 0 Å². The van der Waals surface area contributed by atoms with Crippen molar-refractivity contribution in [2.24, 2.45) is 5.92 Å². The molecule has 5 nitrogen and oxygen atoms in total. The summed E-state index contributed by atoms with van der Waals surface area (Å²) in [6, 6.07) is 17.6. The lowest BCUT2D eigenvalue weighted by Crippen LogP contribution is -2.46. The van der Waals surface area contributed by atoms with Crippen LogP contribution in [0.2, 0.25) is 0 Å². The van der Waals surface area contributed by atoms with Crippen molar-refractivity contribution in [2.75, 3.05) is 6.61 Å². The van der Waals surface area contributed by atoms with Crippen molar-refractivity contribution in [3.05, 3.63) is 83.7 Å². The molecule has 160 valence electrons. The van der Waals surface area contributed by atoms with Gasteiger partial charge in [0.15, 0.2) is 12.4 Å². The topological polar surface area (TPSA) is 72.5 Å². The molecule has 3 aromatic carbocycles. The van der Waals surface area contributed by atoms with Gasteiger partial charge in [-0.25, -0.2) is 9.18 Å². The molecule has 3 rings (SSSR count). The zero-order valence-electron chi connectivity index (χ0n) is 17.4. The third-order valence-corrected chi connectivity index (χ3v) is 4.98. The average molecular weight is 421 g/mol. The normalized spacial score (nSPS) is 11.9. The molecule has 0 radical (unpaired) electrons. The molecule has 3 aromatic rings. The molecule has 0 saturated heterocycles. The van der Waals surface area contributed by atoms with Crippen LogP contribution in [0, 0.1) is 11.7 Å². The molecule has 0 saturated carbocycles. The van der Waals surface area contributed by atoms with Crippen LogP contribution in [0.5, 0.6) is 0 Å². The molecule has 1 amide bonds. The molecule has 0 unspecified atom stereocenters. The summed E-state index contributed by atoms with van der Waals surface area (Å²) < 4.78 is 18.1. The Morgan fingerprint density at radius 2 is 1.61 bits per heavy atom. The number of esters is 1. The highest BCUT2D eigenvalue weighted by atomic mass is 19.1. The number of Topliss-reactive ketones (excluding diaryl/α,β-unsaturated/α-hetero) is 1. The monoisotopic (exact) mass is 421 g/mol. The van der Waals surface area contributed by atoms with Gasteiger partial charge >= 0.3 is 5.97 Å². The van der Waals surface area contributed by atoms with Gasteiger partial charge in [-0.15, -0.1) is 0 Å². The summed E-state index contributed by atoms with van der Waals surface area (Å²) in [7, 11) is 0. The van der Waals surface area contributed by atoms with Crippen molar-refractivity contribution >= 4 is 28.4 Å². The molecule has 0 heterocycles. The van der Waals surface area contributed by atoms with Gasteiger partial charge < -0.3 is 10.1 Å². The van der Waals surface area contributed by atoms with Crippen molar-refractivity contribution < 1.29 is 23.5 Å². The van der Waals surface area contributed by atoms with E-state index in [1.165, 1.54) is 24.3 Å². The number of carbonyl (C=O) groups is 3. The van der Waals surface area contributed by atoms with E-state index in [2.05, 4.69) is 5.32 Å². The van der Waals surface area contributed by atoms with Crippen LogP contribution in [0.4, 0.5) is 4.39 Å². The van der Waals surface area contributed by atoms with Crippen LogP contribution in [0.15, 0.2) is 66.7 Å². The highest BCUT2D eigenvalue weighted by Gasteiger charge is 2.26. The molecular weight excluding hydrogens is 397 g/mol. The van der Waals surface area contributed by atoms with Gasteiger partial charge in [-0.2, -0.15) is 0 Å². The standard InChI is InChI=1S/C25H24FNO4/c1-16(2)24(25(30)31-15-22(28)18-10-12-20(26)13-11-18)27-23(29)14-19-8-5-7-17-6-3-4-9-21(17)19/h3-13,16,24H,14-15H2,1-2H3,(H,27,29)/t24-/m0/s1. The van der Waals surface area contributed by atoms with Gasteiger partial charge in [-0.1, -0.05) is 56.3 Å². The number of hydrogen-bond donors (Lipinski definition) is 1. The zero-order chi connectivity index (χ0) is 22.4. The van der Waals surface area contributed by atoms with E-state index in [9.17, 15) is 18.8 Å². The van der Waals surface area contributed by atoms with Crippen LogP contribution in [-0.2, 0) is 20.7 Å². The molecule has 0 aliphatic heterocycles. The second-order valence-corrected chi connectivity index (χ2v) is 7.64. The number of fused-ring (bicyclic) bond motifs is 1. The minimum Gasteiger partial charge on any atom is -0.456 e. The van der Waals surface area contributed by atoms with Crippen molar-refractivity contribution in [1.29, 1.82) is 0 Å². The molecule has 6 heteroatoms. The Hall–Kier alpha value is -3.54. The van der Waals surface area contributed by atoms with Crippen molar-refractivity contribution in [3.8, 4) is 0 Å². The number of benzene rings is 3. The summed E-state index contributed by atoms with van der Waals surface area (Å²) >= 11 is 0. The van der Waals surface area contributed by atoms with Gasteiger partial charge in [0, 0.05) is 5.56 Å². The van der Waals surface area contributed by atoms with Crippen LogP contribution < -0.4 is 5.32 Å². The highest BCUT2D eigenvalue weighted by molar-refractivity contribution is 5.98. The summed E-state index contributed by atoms with van der Waals surface area (Å²) in [5, 5.41) is 4.74. The quantitative estimate of drug-likeness (QED) is 0.439. The molecule has 0 aliphatic rings.